The summed E-state index contributed by atoms with van der Waals surface area (Å²) in [5.41, 5.74) is -0.425. The molecule has 0 spiro atoms. The molecule has 0 aromatic heterocycles. The molecule has 0 saturated heterocycles. The monoisotopic (exact) mass is 437 g/mol. The number of ether oxygens (including phenoxy) is 1. The Morgan fingerprint density at radius 1 is 1.20 bits per heavy atom. The van der Waals surface area contributed by atoms with Crippen molar-refractivity contribution in [3.8, 4) is 5.75 Å². The molecule has 160 valence electrons. The Morgan fingerprint density at radius 3 is 2.73 bits per heavy atom. The number of carbonyl (C=O) groups excluding carboxylic acids is 1. The maximum Gasteiger partial charge on any atom is 0.224 e. The first-order valence-electron chi connectivity index (χ1n) is 9.86. The molecule has 2 aromatic rings. The summed E-state index contributed by atoms with van der Waals surface area (Å²) in [4.78, 5) is 11.6. The van der Waals surface area contributed by atoms with E-state index in [4.69, 9.17) is 16.3 Å². The van der Waals surface area contributed by atoms with E-state index in [0.717, 1.165) is 0 Å². The number of rotatable bonds is 4. The molecule has 4 rings (SSSR count). The van der Waals surface area contributed by atoms with Crippen LogP contribution >= 0.6 is 11.6 Å². The van der Waals surface area contributed by atoms with Gasteiger partial charge in [0.25, 0.3) is 0 Å². The van der Waals surface area contributed by atoms with E-state index in [9.17, 15) is 23.8 Å². The average molecular weight is 438 g/mol. The Bertz CT molecular complexity index is 986. The fourth-order valence-corrected chi connectivity index (χ4v) is 4.40. The van der Waals surface area contributed by atoms with Crippen molar-refractivity contribution >= 4 is 23.2 Å². The zero-order valence-corrected chi connectivity index (χ0v) is 16.9. The Balaban J connectivity index is 1.46. The molecule has 5 nitrogen and oxygen atoms in total. The van der Waals surface area contributed by atoms with Crippen molar-refractivity contribution in [2.24, 2.45) is 0 Å². The number of hydrogen-bond acceptors (Lipinski definition) is 4. The maximum absolute atomic E-state index is 14.2. The summed E-state index contributed by atoms with van der Waals surface area (Å²) in [6.07, 6.45) is 0.271. The molecule has 3 atom stereocenters. The van der Waals surface area contributed by atoms with Crippen molar-refractivity contribution in [2.45, 2.75) is 49.7 Å². The second kappa shape index (κ2) is 8.13. The van der Waals surface area contributed by atoms with Gasteiger partial charge in [0.1, 0.15) is 29.6 Å². The van der Waals surface area contributed by atoms with Gasteiger partial charge in [-0.25, -0.2) is 8.78 Å². The van der Waals surface area contributed by atoms with Crippen LogP contribution in [-0.4, -0.2) is 34.4 Å². The molecular weight excluding hydrogens is 416 g/mol. The van der Waals surface area contributed by atoms with Gasteiger partial charge in [-0.2, -0.15) is 0 Å². The van der Waals surface area contributed by atoms with Crippen LogP contribution in [0.2, 0.25) is 5.02 Å². The maximum atomic E-state index is 14.2. The van der Waals surface area contributed by atoms with E-state index in [1.165, 1.54) is 18.2 Å². The van der Waals surface area contributed by atoms with E-state index in [2.05, 4.69) is 5.32 Å². The molecule has 0 radical (unpaired) electrons. The summed E-state index contributed by atoms with van der Waals surface area (Å²) in [5, 5.41) is 24.4. The van der Waals surface area contributed by atoms with Crippen LogP contribution < -0.4 is 10.1 Å². The molecule has 1 amide bonds. The third-order valence-corrected chi connectivity index (χ3v) is 6.25. The molecule has 0 bridgehead atoms. The predicted molar refractivity (Wildman–Crippen MR) is 108 cm³/mol. The quantitative estimate of drug-likeness (QED) is 0.677. The van der Waals surface area contributed by atoms with E-state index >= 15 is 0 Å². The second-order valence-electron chi connectivity index (χ2n) is 7.99. The SMILES string of the molecule is O=C1CCc2c(OC[C@]3(O)CC[C@@H](c4ccc(Cl)cc4F)C[C@H]3O)ccc(F)c2N1. The standard InChI is InChI=1S/C22H22ClF2NO4/c23-13-1-2-14(17(25)10-13)12-7-8-22(29,19(27)9-12)11-30-18-5-4-16(24)21-15(18)3-6-20(28)26-21/h1-2,4-5,10,12,19,27,29H,3,6-9,11H2,(H,26,28)/t12-,19-,22-/m1/s1. The average Bonchev–Trinajstić information content (AvgIpc) is 2.70. The van der Waals surface area contributed by atoms with Crippen molar-refractivity contribution in [3.05, 3.63) is 58.1 Å². The summed E-state index contributed by atoms with van der Waals surface area (Å²) < 4.78 is 34.0. The summed E-state index contributed by atoms with van der Waals surface area (Å²) in [6.45, 7) is -0.198. The molecule has 1 aliphatic carbocycles. The second-order valence-corrected chi connectivity index (χ2v) is 8.43. The highest BCUT2D eigenvalue weighted by molar-refractivity contribution is 6.30. The number of benzene rings is 2. The van der Waals surface area contributed by atoms with E-state index < -0.39 is 23.3 Å². The topological polar surface area (TPSA) is 78.8 Å². The summed E-state index contributed by atoms with van der Waals surface area (Å²) in [5.74, 6) is -1.12. The lowest BCUT2D eigenvalue weighted by Gasteiger charge is -2.40. The summed E-state index contributed by atoms with van der Waals surface area (Å²) >= 11 is 5.81. The normalized spacial score (nSPS) is 26.1. The molecule has 1 saturated carbocycles. The Morgan fingerprint density at radius 2 is 2.00 bits per heavy atom. The first-order valence-corrected chi connectivity index (χ1v) is 10.2. The first-order chi connectivity index (χ1) is 14.3. The van der Waals surface area contributed by atoms with Crippen molar-refractivity contribution in [1.82, 2.24) is 0 Å². The van der Waals surface area contributed by atoms with Gasteiger partial charge in [0, 0.05) is 17.0 Å². The van der Waals surface area contributed by atoms with E-state index in [1.807, 2.05) is 0 Å². The third kappa shape index (κ3) is 4.02. The number of amides is 1. The minimum atomic E-state index is -1.52. The number of aliphatic hydroxyl groups is 2. The summed E-state index contributed by atoms with van der Waals surface area (Å²) in [6, 6.07) is 7.10. The number of anilines is 1. The Hall–Kier alpha value is -2.22. The lowest BCUT2D eigenvalue weighted by atomic mass is 9.74. The van der Waals surface area contributed by atoms with Gasteiger partial charge in [-0.15, -0.1) is 0 Å². The van der Waals surface area contributed by atoms with Crippen LogP contribution in [0, 0.1) is 11.6 Å². The summed E-state index contributed by atoms with van der Waals surface area (Å²) in [7, 11) is 0. The van der Waals surface area contributed by atoms with Crippen LogP contribution in [0.4, 0.5) is 14.5 Å². The molecule has 1 heterocycles. The van der Waals surface area contributed by atoms with Crippen molar-refractivity contribution in [1.29, 1.82) is 0 Å². The van der Waals surface area contributed by atoms with Crippen LogP contribution in [0.15, 0.2) is 30.3 Å². The van der Waals surface area contributed by atoms with E-state index in [-0.39, 0.29) is 43.4 Å². The van der Waals surface area contributed by atoms with Crippen LogP contribution in [-0.2, 0) is 11.2 Å². The number of nitrogens with one attached hydrogen (secondary N) is 1. The third-order valence-electron chi connectivity index (χ3n) is 6.02. The van der Waals surface area contributed by atoms with Crippen LogP contribution in [0.3, 0.4) is 0 Å². The van der Waals surface area contributed by atoms with Gasteiger partial charge in [0.15, 0.2) is 0 Å². The number of hydrogen-bond donors (Lipinski definition) is 3. The van der Waals surface area contributed by atoms with E-state index in [0.29, 0.717) is 34.7 Å². The lowest BCUT2D eigenvalue weighted by molar-refractivity contribution is -0.125. The molecule has 1 aliphatic heterocycles. The van der Waals surface area contributed by atoms with Gasteiger partial charge in [0.05, 0.1) is 11.8 Å². The Kier molecular flexibility index (Phi) is 5.70. The highest BCUT2D eigenvalue weighted by Gasteiger charge is 2.43. The van der Waals surface area contributed by atoms with Crippen LogP contribution in [0.5, 0.6) is 5.75 Å². The zero-order valence-electron chi connectivity index (χ0n) is 16.1. The number of aliphatic hydroxyl groups excluding tert-OH is 1. The Labute approximate surface area is 177 Å². The van der Waals surface area contributed by atoms with Gasteiger partial charge >= 0.3 is 0 Å². The predicted octanol–water partition coefficient (Wildman–Crippen LogP) is 3.94. The van der Waals surface area contributed by atoms with Gasteiger partial charge in [-0.05, 0) is 61.4 Å². The van der Waals surface area contributed by atoms with Gasteiger partial charge in [-0.1, -0.05) is 17.7 Å². The number of halogens is 3. The molecule has 30 heavy (non-hydrogen) atoms. The molecule has 8 heteroatoms. The smallest absolute Gasteiger partial charge is 0.224 e. The van der Waals surface area contributed by atoms with Crippen molar-refractivity contribution < 1.29 is 28.5 Å². The minimum Gasteiger partial charge on any atom is -0.490 e. The first kappa shape index (κ1) is 21.0. The molecular formula is C22H22ClF2NO4. The molecule has 1 fully saturated rings. The van der Waals surface area contributed by atoms with E-state index in [1.54, 1.807) is 12.1 Å². The zero-order chi connectivity index (χ0) is 21.5. The molecule has 0 unspecified atom stereocenters. The minimum absolute atomic E-state index is 0.0956. The van der Waals surface area contributed by atoms with Gasteiger partial charge < -0.3 is 20.3 Å². The highest BCUT2D eigenvalue weighted by Crippen LogP contribution is 2.41. The van der Waals surface area contributed by atoms with Crippen molar-refractivity contribution in [2.75, 3.05) is 11.9 Å². The van der Waals surface area contributed by atoms with Gasteiger partial charge in [-0.3, -0.25) is 4.79 Å². The lowest BCUT2D eigenvalue weighted by Crippen LogP contribution is -2.51. The molecule has 2 aromatic carbocycles. The molecule has 2 aliphatic rings. The van der Waals surface area contributed by atoms with Crippen LogP contribution in [0.1, 0.15) is 42.7 Å². The number of carbonyl (C=O) groups is 1. The fourth-order valence-electron chi connectivity index (χ4n) is 4.24. The van der Waals surface area contributed by atoms with Gasteiger partial charge in [0.2, 0.25) is 5.91 Å². The largest absolute Gasteiger partial charge is 0.490 e. The molecule has 3 N–H and O–H groups in total. The number of fused-ring (bicyclic) bond motifs is 1. The van der Waals surface area contributed by atoms with Crippen LogP contribution in [0.25, 0.3) is 0 Å². The van der Waals surface area contributed by atoms with Crippen molar-refractivity contribution in [3.63, 3.8) is 0 Å². The fraction of sp³-hybridized carbons (Fsp3) is 0.409. The highest BCUT2D eigenvalue weighted by atomic mass is 35.5.